The van der Waals surface area contributed by atoms with Crippen molar-refractivity contribution >= 4 is 11.9 Å². The highest BCUT2D eigenvalue weighted by Gasteiger charge is 2.27. The molecule has 8 nitrogen and oxygen atoms in total. The number of rotatable bonds is 6. The maximum Gasteiger partial charge on any atom is 0.308 e. The molecule has 132 valence electrons. The van der Waals surface area contributed by atoms with E-state index in [4.69, 9.17) is 5.11 Å². The third-order valence-corrected chi connectivity index (χ3v) is 4.36. The van der Waals surface area contributed by atoms with Crippen LogP contribution < -0.4 is 0 Å². The summed E-state index contributed by atoms with van der Waals surface area (Å²) in [5.41, 5.74) is 0.901. The van der Waals surface area contributed by atoms with Crippen LogP contribution in [-0.2, 0) is 16.1 Å². The minimum Gasteiger partial charge on any atom is -0.481 e. The Hall–Kier alpha value is -2.77. The molecule has 0 bridgehead atoms. The predicted octanol–water partition coefficient (Wildman–Crippen LogP) is 1.44. The number of likely N-dealkylation sites (tertiary alicyclic amines) is 1. The maximum atomic E-state index is 12.3. The molecule has 1 amide bonds. The molecule has 1 aliphatic heterocycles. The second-order valence-electron chi connectivity index (χ2n) is 6.20. The van der Waals surface area contributed by atoms with Crippen molar-refractivity contribution in [2.24, 2.45) is 5.92 Å². The lowest BCUT2D eigenvalue weighted by atomic mass is 9.98. The van der Waals surface area contributed by atoms with Crippen LogP contribution >= 0.6 is 0 Å². The van der Waals surface area contributed by atoms with Gasteiger partial charge in [-0.2, -0.15) is 4.80 Å². The Kier molecular flexibility index (Phi) is 5.37. The van der Waals surface area contributed by atoms with Crippen molar-refractivity contribution in [2.45, 2.75) is 32.2 Å². The number of aromatic nitrogens is 4. The summed E-state index contributed by atoms with van der Waals surface area (Å²) in [5, 5.41) is 21.4. The first-order valence-electron chi connectivity index (χ1n) is 8.47. The zero-order valence-corrected chi connectivity index (χ0v) is 13.9. The van der Waals surface area contributed by atoms with Crippen LogP contribution in [0.4, 0.5) is 0 Å². The number of carbonyl (C=O) groups is 2. The molecule has 0 aliphatic carbocycles. The summed E-state index contributed by atoms with van der Waals surface area (Å²) in [7, 11) is 0. The number of aliphatic carboxylic acids is 1. The monoisotopic (exact) mass is 343 g/mol. The average Bonchev–Trinajstić information content (AvgIpc) is 3.11. The van der Waals surface area contributed by atoms with Gasteiger partial charge < -0.3 is 10.0 Å². The van der Waals surface area contributed by atoms with E-state index >= 15 is 0 Å². The van der Waals surface area contributed by atoms with E-state index in [0.29, 0.717) is 44.7 Å². The number of piperidine rings is 1. The molecular formula is C17H21N5O3. The number of hydrogen-bond donors (Lipinski definition) is 1. The second kappa shape index (κ2) is 7.87. The van der Waals surface area contributed by atoms with E-state index in [0.717, 1.165) is 12.0 Å². The molecule has 0 unspecified atom stereocenters. The highest BCUT2D eigenvalue weighted by molar-refractivity contribution is 5.78. The van der Waals surface area contributed by atoms with Gasteiger partial charge in [-0.3, -0.25) is 9.59 Å². The van der Waals surface area contributed by atoms with E-state index in [2.05, 4.69) is 15.4 Å². The molecule has 25 heavy (non-hydrogen) atoms. The summed E-state index contributed by atoms with van der Waals surface area (Å²) in [5.74, 6) is -0.706. The first-order valence-corrected chi connectivity index (χ1v) is 8.47. The van der Waals surface area contributed by atoms with Crippen LogP contribution in [0.2, 0.25) is 0 Å². The van der Waals surface area contributed by atoms with Crippen molar-refractivity contribution in [2.75, 3.05) is 13.1 Å². The molecule has 1 atom stereocenters. The van der Waals surface area contributed by atoms with E-state index < -0.39 is 11.9 Å². The number of carboxylic acid groups (broad SMARTS) is 1. The molecule has 1 saturated heterocycles. The van der Waals surface area contributed by atoms with Gasteiger partial charge in [0.25, 0.3) is 0 Å². The molecule has 0 radical (unpaired) electrons. The van der Waals surface area contributed by atoms with Crippen LogP contribution in [0.25, 0.3) is 11.4 Å². The third-order valence-electron chi connectivity index (χ3n) is 4.36. The highest BCUT2D eigenvalue weighted by atomic mass is 16.4. The normalized spacial score (nSPS) is 17.4. The van der Waals surface area contributed by atoms with Crippen LogP contribution in [0.1, 0.15) is 25.7 Å². The lowest BCUT2D eigenvalue weighted by Crippen LogP contribution is -2.42. The fourth-order valence-electron chi connectivity index (χ4n) is 2.98. The molecule has 3 rings (SSSR count). The number of carbonyl (C=O) groups excluding carboxylic acids is 1. The first-order chi connectivity index (χ1) is 12.1. The minimum absolute atomic E-state index is 0.00523. The number of tetrazole rings is 1. The summed E-state index contributed by atoms with van der Waals surface area (Å²) in [6.07, 6.45) is 2.34. The van der Waals surface area contributed by atoms with Gasteiger partial charge in [-0.05, 0) is 24.5 Å². The van der Waals surface area contributed by atoms with Crippen LogP contribution in [0.5, 0.6) is 0 Å². The molecule has 2 heterocycles. The summed E-state index contributed by atoms with van der Waals surface area (Å²) >= 11 is 0. The fraction of sp³-hybridized carbons (Fsp3) is 0.471. The smallest absolute Gasteiger partial charge is 0.308 e. The van der Waals surface area contributed by atoms with Gasteiger partial charge in [-0.25, -0.2) is 0 Å². The van der Waals surface area contributed by atoms with Gasteiger partial charge in [-0.15, -0.1) is 10.2 Å². The molecule has 1 aliphatic rings. The first kappa shape index (κ1) is 17.1. The molecular weight excluding hydrogens is 322 g/mol. The summed E-state index contributed by atoms with van der Waals surface area (Å²) in [6, 6.07) is 9.59. The lowest BCUT2D eigenvalue weighted by molar-refractivity contribution is -0.145. The quantitative estimate of drug-likeness (QED) is 0.852. The van der Waals surface area contributed by atoms with Gasteiger partial charge in [0.1, 0.15) is 0 Å². The minimum atomic E-state index is -0.822. The average molecular weight is 343 g/mol. The third kappa shape index (κ3) is 4.40. The van der Waals surface area contributed by atoms with Crippen molar-refractivity contribution in [3.05, 3.63) is 30.3 Å². The Morgan fingerprint density at radius 1 is 1.24 bits per heavy atom. The zero-order chi connectivity index (χ0) is 17.6. The van der Waals surface area contributed by atoms with Gasteiger partial charge in [0.05, 0.1) is 12.5 Å². The Labute approximate surface area is 145 Å². The van der Waals surface area contributed by atoms with Gasteiger partial charge in [0.15, 0.2) is 0 Å². The van der Waals surface area contributed by atoms with Crippen molar-refractivity contribution < 1.29 is 14.7 Å². The van der Waals surface area contributed by atoms with Crippen molar-refractivity contribution in [1.29, 1.82) is 0 Å². The van der Waals surface area contributed by atoms with Gasteiger partial charge in [0, 0.05) is 25.1 Å². The molecule has 1 N–H and O–H groups in total. The van der Waals surface area contributed by atoms with Crippen LogP contribution in [-0.4, -0.2) is 55.2 Å². The fourth-order valence-corrected chi connectivity index (χ4v) is 2.98. The number of nitrogens with zero attached hydrogens (tertiary/aromatic N) is 5. The Morgan fingerprint density at radius 2 is 2.04 bits per heavy atom. The Morgan fingerprint density at radius 3 is 2.80 bits per heavy atom. The maximum absolute atomic E-state index is 12.3. The number of aryl methyl sites for hydroxylation is 1. The second-order valence-corrected chi connectivity index (χ2v) is 6.20. The predicted molar refractivity (Wildman–Crippen MR) is 89.4 cm³/mol. The molecule has 1 aromatic carbocycles. The standard InChI is InChI=1S/C17H21N5O3/c23-15(21-10-4-8-14(12-21)17(24)25)9-5-11-22-19-16(18-20-22)13-6-2-1-3-7-13/h1-3,6-7,14H,4-5,8-12H2,(H,24,25)/t14-/m0/s1. The van der Waals surface area contributed by atoms with Crippen LogP contribution in [0.3, 0.4) is 0 Å². The molecule has 1 fully saturated rings. The van der Waals surface area contributed by atoms with Crippen molar-refractivity contribution in [3.8, 4) is 11.4 Å². The molecule has 0 spiro atoms. The van der Waals surface area contributed by atoms with Gasteiger partial charge >= 0.3 is 5.97 Å². The number of benzene rings is 1. The van der Waals surface area contributed by atoms with E-state index in [1.165, 1.54) is 4.80 Å². The molecule has 8 heteroatoms. The molecule has 2 aromatic rings. The largest absolute Gasteiger partial charge is 0.481 e. The van der Waals surface area contributed by atoms with E-state index in [9.17, 15) is 9.59 Å². The zero-order valence-electron chi connectivity index (χ0n) is 13.9. The number of carboxylic acids is 1. The topological polar surface area (TPSA) is 101 Å². The van der Waals surface area contributed by atoms with Crippen LogP contribution in [0.15, 0.2) is 30.3 Å². The summed E-state index contributed by atoms with van der Waals surface area (Å²) < 4.78 is 0. The SMILES string of the molecule is O=C(O)[C@H]1CCCN(C(=O)CCCn2nnc(-c3ccccc3)n2)C1. The number of hydrogen-bond acceptors (Lipinski definition) is 5. The summed E-state index contributed by atoms with van der Waals surface area (Å²) in [6.45, 7) is 1.46. The van der Waals surface area contributed by atoms with E-state index in [-0.39, 0.29) is 5.91 Å². The van der Waals surface area contributed by atoms with E-state index in [1.807, 2.05) is 30.3 Å². The lowest BCUT2D eigenvalue weighted by Gasteiger charge is -2.30. The Balaban J connectivity index is 1.47. The summed E-state index contributed by atoms with van der Waals surface area (Å²) in [4.78, 5) is 26.5. The Bertz CT molecular complexity index is 731. The van der Waals surface area contributed by atoms with Crippen molar-refractivity contribution in [3.63, 3.8) is 0 Å². The highest BCUT2D eigenvalue weighted by Crippen LogP contribution is 2.18. The number of amides is 1. The van der Waals surface area contributed by atoms with Gasteiger partial charge in [-0.1, -0.05) is 30.3 Å². The molecule has 0 saturated carbocycles. The van der Waals surface area contributed by atoms with E-state index in [1.54, 1.807) is 4.90 Å². The van der Waals surface area contributed by atoms with Crippen LogP contribution in [0, 0.1) is 5.92 Å². The molecule has 1 aromatic heterocycles. The van der Waals surface area contributed by atoms with Crippen molar-refractivity contribution in [1.82, 2.24) is 25.1 Å². The van der Waals surface area contributed by atoms with Gasteiger partial charge in [0.2, 0.25) is 11.7 Å².